The fraction of sp³-hybridized carbons (Fsp3) is 0.909. The van der Waals surface area contributed by atoms with Crippen LogP contribution in [-0.2, 0) is 14.0 Å². The van der Waals surface area contributed by atoms with Crippen LogP contribution in [0.1, 0.15) is 32.1 Å². The molecule has 8 heteroatoms. The van der Waals surface area contributed by atoms with Gasteiger partial charge in [-0.25, -0.2) is 5.26 Å². The number of hydrogen-bond donors (Lipinski definition) is 3. The molecule has 2 atom stereocenters. The first kappa shape index (κ1) is 16.6. The molecule has 0 bridgehead atoms. The van der Waals surface area contributed by atoms with Gasteiger partial charge in [0.05, 0.1) is 5.92 Å². The third-order valence-corrected chi connectivity index (χ3v) is 4.51. The molecular weight excluding hydrogens is 273 g/mol. The zero-order chi connectivity index (χ0) is 14.3. The molecule has 2 unspecified atom stereocenters. The van der Waals surface area contributed by atoms with Crippen molar-refractivity contribution in [1.29, 1.82) is 0 Å². The Morgan fingerprint density at radius 2 is 2.00 bits per heavy atom. The second-order valence-electron chi connectivity index (χ2n) is 4.88. The van der Waals surface area contributed by atoms with Crippen LogP contribution in [0.4, 0.5) is 0 Å². The lowest BCUT2D eigenvalue weighted by Crippen LogP contribution is -2.36. The van der Waals surface area contributed by atoms with E-state index in [1.165, 1.54) is 0 Å². The number of aliphatic hydroxyl groups excluding tert-OH is 1. The lowest BCUT2D eigenvalue weighted by atomic mass is 9.97. The second-order valence-corrected chi connectivity index (χ2v) is 6.36. The number of likely N-dealkylation sites (tertiary alicyclic amines) is 1. The van der Waals surface area contributed by atoms with E-state index in [4.69, 9.17) is 10.4 Å². The summed E-state index contributed by atoms with van der Waals surface area (Å²) in [6, 6.07) is 0. The number of hydrogen-bond acceptors (Lipinski definition) is 6. The van der Waals surface area contributed by atoms with Gasteiger partial charge in [-0.2, -0.15) is 4.67 Å². The van der Waals surface area contributed by atoms with Gasteiger partial charge in [0.1, 0.15) is 5.85 Å². The summed E-state index contributed by atoms with van der Waals surface area (Å²) in [6.07, 6.45) is 3.24. The number of aliphatic hydroxyl groups is 1. The Balaban J connectivity index is 2.08. The summed E-state index contributed by atoms with van der Waals surface area (Å²) in [5.74, 6) is -2.02. The SMILES string of the molecule is O=C(O)C1CCN(CCCCC(O)[PH](=O)OO)CC1. The van der Waals surface area contributed by atoms with Crippen LogP contribution in [0.3, 0.4) is 0 Å². The highest BCUT2D eigenvalue weighted by atomic mass is 31.1. The Labute approximate surface area is 113 Å². The highest BCUT2D eigenvalue weighted by molar-refractivity contribution is 7.39. The van der Waals surface area contributed by atoms with Gasteiger partial charge >= 0.3 is 5.97 Å². The topological polar surface area (TPSA) is 107 Å². The summed E-state index contributed by atoms with van der Waals surface area (Å²) in [7, 11) is -2.75. The van der Waals surface area contributed by atoms with E-state index >= 15 is 0 Å². The average Bonchev–Trinajstić information content (AvgIpc) is 2.42. The summed E-state index contributed by atoms with van der Waals surface area (Å²) >= 11 is 0. The van der Waals surface area contributed by atoms with Gasteiger partial charge in [-0.3, -0.25) is 9.36 Å². The minimum atomic E-state index is -2.75. The van der Waals surface area contributed by atoms with Crippen molar-refractivity contribution >= 4 is 14.0 Å². The molecule has 0 aromatic rings. The molecule has 0 saturated carbocycles. The third-order valence-electron chi connectivity index (χ3n) is 3.50. The molecule has 1 aliphatic heterocycles. The van der Waals surface area contributed by atoms with Crippen molar-refractivity contribution in [1.82, 2.24) is 4.90 Å². The molecule has 1 heterocycles. The molecule has 0 aromatic carbocycles. The maximum Gasteiger partial charge on any atom is 0.306 e. The first-order valence-electron chi connectivity index (χ1n) is 6.53. The summed E-state index contributed by atoms with van der Waals surface area (Å²) in [5, 5.41) is 26.3. The number of nitrogens with zero attached hydrogens (tertiary/aromatic N) is 1. The van der Waals surface area contributed by atoms with Gasteiger partial charge in [0.25, 0.3) is 8.03 Å². The highest BCUT2D eigenvalue weighted by Crippen LogP contribution is 2.29. The second kappa shape index (κ2) is 8.66. The van der Waals surface area contributed by atoms with Gasteiger partial charge < -0.3 is 15.1 Å². The standard InChI is InChI=1S/C11H22NO6P/c13-10(19(17)18-16)3-1-2-6-12-7-4-9(5-8-12)11(14)15/h9-10,13,16,19H,1-8H2,(H,14,15). The smallest absolute Gasteiger partial charge is 0.306 e. The first-order valence-corrected chi connectivity index (χ1v) is 7.92. The van der Waals surface area contributed by atoms with E-state index in [2.05, 4.69) is 9.57 Å². The van der Waals surface area contributed by atoms with Crippen LogP contribution in [0.25, 0.3) is 0 Å². The molecule has 0 spiro atoms. The van der Waals surface area contributed by atoms with Crippen molar-refractivity contribution in [3.8, 4) is 0 Å². The molecule has 0 amide bonds. The van der Waals surface area contributed by atoms with Crippen molar-refractivity contribution < 1.29 is 29.5 Å². The summed E-state index contributed by atoms with van der Waals surface area (Å²) in [4.78, 5) is 13.0. The molecule has 7 nitrogen and oxygen atoms in total. The molecule has 19 heavy (non-hydrogen) atoms. The van der Waals surface area contributed by atoms with Crippen LogP contribution in [0.5, 0.6) is 0 Å². The Bertz CT molecular complexity index is 306. The predicted molar refractivity (Wildman–Crippen MR) is 69.4 cm³/mol. The maximum atomic E-state index is 10.9. The zero-order valence-corrected chi connectivity index (χ0v) is 11.8. The predicted octanol–water partition coefficient (Wildman–Crippen LogP) is 1.24. The lowest BCUT2D eigenvalue weighted by Gasteiger charge is -2.29. The van der Waals surface area contributed by atoms with Crippen LogP contribution in [0.2, 0.25) is 0 Å². The molecule has 0 radical (unpaired) electrons. The highest BCUT2D eigenvalue weighted by Gasteiger charge is 2.24. The number of unbranched alkanes of at least 4 members (excludes halogenated alkanes) is 1. The zero-order valence-electron chi connectivity index (χ0n) is 10.8. The minimum Gasteiger partial charge on any atom is -0.481 e. The Morgan fingerprint density at radius 3 is 2.53 bits per heavy atom. The third kappa shape index (κ3) is 6.01. The fourth-order valence-corrected chi connectivity index (χ4v) is 2.82. The minimum absolute atomic E-state index is 0.217. The van der Waals surface area contributed by atoms with Crippen molar-refractivity contribution in [3.05, 3.63) is 0 Å². The molecule has 0 aliphatic carbocycles. The van der Waals surface area contributed by atoms with Gasteiger partial charge in [0, 0.05) is 0 Å². The first-order chi connectivity index (χ1) is 9.04. The molecule has 112 valence electrons. The molecule has 1 fully saturated rings. The molecule has 1 rings (SSSR count). The monoisotopic (exact) mass is 295 g/mol. The van der Waals surface area contributed by atoms with E-state index in [0.29, 0.717) is 25.7 Å². The number of aliphatic carboxylic acids is 1. The van der Waals surface area contributed by atoms with E-state index in [1.54, 1.807) is 0 Å². The van der Waals surface area contributed by atoms with Crippen LogP contribution in [0, 0.1) is 5.92 Å². The molecule has 1 aliphatic rings. The molecular formula is C11H22NO6P. The van der Waals surface area contributed by atoms with Gasteiger partial charge in [0.2, 0.25) is 0 Å². The largest absolute Gasteiger partial charge is 0.481 e. The number of rotatable bonds is 8. The Hall–Kier alpha value is -0.460. The number of carboxylic acid groups (broad SMARTS) is 1. The van der Waals surface area contributed by atoms with E-state index in [0.717, 1.165) is 26.1 Å². The quantitative estimate of drug-likeness (QED) is 0.267. The molecule has 1 saturated heterocycles. The van der Waals surface area contributed by atoms with Crippen LogP contribution < -0.4 is 0 Å². The Morgan fingerprint density at radius 1 is 1.37 bits per heavy atom. The van der Waals surface area contributed by atoms with Crippen molar-refractivity contribution in [2.75, 3.05) is 19.6 Å². The van der Waals surface area contributed by atoms with Gasteiger partial charge in [-0.1, -0.05) is 0 Å². The number of piperidine rings is 1. The van der Waals surface area contributed by atoms with E-state index in [9.17, 15) is 14.5 Å². The average molecular weight is 295 g/mol. The lowest BCUT2D eigenvalue weighted by molar-refractivity contribution is -0.143. The number of carbonyl (C=O) groups is 1. The van der Waals surface area contributed by atoms with E-state index in [-0.39, 0.29) is 5.92 Å². The van der Waals surface area contributed by atoms with Crippen molar-refractivity contribution in [3.63, 3.8) is 0 Å². The van der Waals surface area contributed by atoms with E-state index in [1.807, 2.05) is 0 Å². The van der Waals surface area contributed by atoms with Crippen LogP contribution in [-0.4, -0.2) is 51.8 Å². The fourth-order valence-electron chi connectivity index (χ4n) is 2.26. The van der Waals surface area contributed by atoms with Gasteiger partial charge in [0.15, 0.2) is 0 Å². The van der Waals surface area contributed by atoms with Crippen molar-refractivity contribution in [2.45, 2.75) is 37.9 Å². The molecule has 0 aromatic heterocycles. The van der Waals surface area contributed by atoms with Crippen molar-refractivity contribution in [2.24, 2.45) is 5.92 Å². The van der Waals surface area contributed by atoms with Gasteiger partial charge in [-0.05, 0) is 51.7 Å². The summed E-state index contributed by atoms with van der Waals surface area (Å²) in [6.45, 7) is 2.42. The summed E-state index contributed by atoms with van der Waals surface area (Å²) in [5.41, 5.74) is 0. The molecule has 3 N–H and O–H groups in total. The summed E-state index contributed by atoms with van der Waals surface area (Å²) < 4.78 is 14.5. The Kier molecular flexibility index (Phi) is 7.56. The van der Waals surface area contributed by atoms with Crippen LogP contribution in [0.15, 0.2) is 0 Å². The normalized spacial score (nSPS) is 21.2. The number of carboxylic acids is 1. The van der Waals surface area contributed by atoms with Gasteiger partial charge in [-0.15, -0.1) is 0 Å². The van der Waals surface area contributed by atoms with E-state index < -0.39 is 19.8 Å². The maximum absolute atomic E-state index is 10.9. The van der Waals surface area contributed by atoms with Crippen LogP contribution >= 0.6 is 8.03 Å².